The second-order valence-corrected chi connectivity index (χ2v) is 7.94. The topological polar surface area (TPSA) is 75.7 Å². The summed E-state index contributed by atoms with van der Waals surface area (Å²) in [6.45, 7) is 0.444. The standard InChI is InChI=1S/C16H11Cl3N2O4S/c17-12-8-14(19)15(9-13(12)18)25-26(23,24)11-4-2-10(3-5-11)21-7-1-6-20-16(21)22/h1-5,7-9H,6H2,(H,20,22). The molecule has 2 aromatic carbocycles. The van der Waals surface area contributed by atoms with Gasteiger partial charge in [-0.25, -0.2) is 4.79 Å². The zero-order valence-electron chi connectivity index (χ0n) is 12.9. The fraction of sp³-hybridized carbons (Fsp3) is 0.0625. The summed E-state index contributed by atoms with van der Waals surface area (Å²) in [6.07, 6.45) is 3.37. The lowest BCUT2D eigenvalue weighted by Gasteiger charge is -2.22. The second kappa shape index (κ2) is 7.36. The Balaban J connectivity index is 1.86. The molecule has 10 heteroatoms. The number of urea groups is 1. The van der Waals surface area contributed by atoms with Crippen molar-refractivity contribution < 1.29 is 17.4 Å². The molecule has 1 aliphatic rings. The average molecular weight is 434 g/mol. The van der Waals surface area contributed by atoms with E-state index in [1.54, 1.807) is 12.3 Å². The Morgan fingerprint density at radius 1 is 1.00 bits per heavy atom. The molecule has 0 saturated heterocycles. The number of benzene rings is 2. The number of hydrogen-bond donors (Lipinski definition) is 1. The van der Waals surface area contributed by atoms with Gasteiger partial charge in [0.1, 0.15) is 4.90 Å². The molecule has 0 fully saturated rings. The molecule has 2 amide bonds. The molecule has 1 aliphatic heterocycles. The molecule has 0 aliphatic carbocycles. The van der Waals surface area contributed by atoms with E-state index in [-0.39, 0.29) is 31.7 Å². The molecule has 0 spiro atoms. The molecule has 2 aromatic rings. The highest BCUT2D eigenvalue weighted by Gasteiger charge is 2.21. The zero-order valence-corrected chi connectivity index (χ0v) is 16.0. The SMILES string of the molecule is O=C1NCC=CN1c1ccc(S(=O)(=O)Oc2cc(Cl)c(Cl)cc2Cl)cc1. The van der Waals surface area contributed by atoms with E-state index in [2.05, 4.69) is 5.32 Å². The van der Waals surface area contributed by atoms with Crippen LogP contribution in [0, 0.1) is 0 Å². The van der Waals surface area contributed by atoms with E-state index < -0.39 is 10.1 Å². The number of carbonyl (C=O) groups excluding carboxylic acids is 1. The van der Waals surface area contributed by atoms with Crippen LogP contribution in [0.3, 0.4) is 0 Å². The lowest BCUT2D eigenvalue weighted by molar-refractivity contribution is 0.248. The first-order chi connectivity index (χ1) is 12.3. The first-order valence-corrected chi connectivity index (χ1v) is 9.75. The molecule has 6 nitrogen and oxygen atoms in total. The average Bonchev–Trinajstić information content (AvgIpc) is 2.60. The molecular formula is C16H11Cl3N2O4S. The van der Waals surface area contributed by atoms with Crippen LogP contribution in [0.25, 0.3) is 0 Å². The molecular weight excluding hydrogens is 423 g/mol. The maximum absolute atomic E-state index is 12.4. The van der Waals surface area contributed by atoms with Crippen LogP contribution >= 0.6 is 34.8 Å². The molecule has 1 N–H and O–H groups in total. The molecule has 1 heterocycles. The molecule has 0 unspecified atom stereocenters. The van der Waals surface area contributed by atoms with Gasteiger partial charge < -0.3 is 9.50 Å². The number of nitrogens with one attached hydrogen (secondary N) is 1. The van der Waals surface area contributed by atoms with Crippen molar-refractivity contribution in [3.8, 4) is 5.75 Å². The lowest BCUT2D eigenvalue weighted by Crippen LogP contribution is -2.39. The minimum absolute atomic E-state index is 0.00900. The predicted molar refractivity (Wildman–Crippen MR) is 101 cm³/mol. The van der Waals surface area contributed by atoms with E-state index in [0.29, 0.717) is 12.2 Å². The van der Waals surface area contributed by atoms with E-state index in [1.165, 1.54) is 41.3 Å². The van der Waals surface area contributed by atoms with Gasteiger partial charge >= 0.3 is 16.1 Å². The van der Waals surface area contributed by atoms with Crippen LogP contribution in [0.4, 0.5) is 10.5 Å². The number of halogens is 3. The summed E-state index contributed by atoms with van der Waals surface area (Å²) in [5.74, 6) is -0.136. The summed E-state index contributed by atoms with van der Waals surface area (Å²) in [4.78, 5) is 13.0. The number of carbonyl (C=O) groups is 1. The molecule has 0 saturated carbocycles. The fourth-order valence-electron chi connectivity index (χ4n) is 2.17. The van der Waals surface area contributed by atoms with Gasteiger partial charge in [-0.15, -0.1) is 0 Å². The Bertz CT molecular complexity index is 991. The fourth-order valence-corrected chi connectivity index (χ4v) is 3.73. The van der Waals surface area contributed by atoms with Gasteiger partial charge in [0.05, 0.1) is 20.8 Å². The lowest BCUT2D eigenvalue weighted by atomic mass is 10.3. The van der Waals surface area contributed by atoms with Crippen LogP contribution < -0.4 is 14.4 Å². The van der Waals surface area contributed by atoms with E-state index >= 15 is 0 Å². The summed E-state index contributed by atoms with van der Waals surface area (Å²) in [5.41, 5.74) is 0.505. The summed E-state index contributed by atoms with van der Waals surface area (Å²) >= 11 is 17.6. The number of anilines is 1. The highest BCUT2D eigenvalue weighted by atomic mass is 35.5. The highest BCUT2D eigenvalue weighted by molar-refractivity contribution is 7.87. The van der Waals surface area contributed by atoms with Crippen LogP contribution in [0.15, 0.2) is 53.6 Å². The Labute approximate surface area is 165 Å². The number of amides is 2. The summed E-state index contributed by atoms with van der Waals surface area (Å²) in [7, 11) is -4.15. The van der Waals surface area contributed by atoms with Gasteiger partial charge in [0.25, 0.3) is 0 Å². The van der Waals surface area contributed by atoms with Gasteiger partial charge in [-0.3, -0.25) is 4.90 Å². The van der Waals surface area contributed by atoms with Gasteiger partial charge in [-0.2, -0.15) is 8.42 Å². The first-order valence-electron chi connectivity index (χ1n) is 7.21. The van der Waals surface area contributed by atoms with Crippen molar-refractivity contribution >= 4 is 56.6 Å². The number of rotatable bonds is 4. The van der Waals surface area contributed by atoms with Crippen LogP contribution in [0.5, 0.6) is 5.75 Å². The van der Waals surface area contributed by atoms with Crippen molar-refractivity contribution in [2.45, 2.75) is 4.90 Å². The maximum atomic E-state index is 12.4. The summed E-state index contributed by atoms with van der Waals surface area (Å²) in [5, 5.41) is 2.94. The molecule has 136 valence electrons. The minimum Gasteiger partial charge on any atom is -0.377 e. The van der Waals surface area contributed by atoms with Gasteiger partial charge in [0.2, 0.25) is 0 Å². The molecule has 3 rings (SSSR count). The smallest absolute Gasteiger partial charge is 0.339 e. The molecule has 0 radical (unpaired) electrons. The van der Waals surface area contributed by atoms with Crippen LogP contribution in [-0.4, -0.2) is 21.0 Å². The zero-order chi connectivity index (χ0) is 18.9. The third-order valence-corrected chi connectivity index (χ3v) is 5.69. The van der Waals surface area contributed by atoms with Crippen LogP contribution in [0.1, 0.15) is 0 Å². The predicted octanol–water partition coefficient (Wildman–Crippen LogP) is 4.46. The van der Waals surface area contributed by atoms with Crippen LogP contribution in [0.2, 0.25) is 15.1 Å². The molecule has 0 atom stereocenters. The van der Waals surface area contributed by atoms with Crippen molar-refractivity contribution in [1.29, 1.82) is 0 Å². The van der Waals surface area contributed by atoms with Crippen molar-refractivity contribution in [3.63, 3.8) is 0 Å². The third kappa shape index (κ3) is 3.91. The van der Waals surface area contributed by atoms with Gasteiger partial charge in [-0.1, -0.05) is 34.8 Å². The number of nitrogens with zero attached hydrogens (tertiary/aromatic N) is 1. The molecule has 0 bridgehead atoms. The van der Waals surface area contributed by atoms with E-state index in [9.17, 15) is 13.2 Å². The summed E-state index contributed by atoms with van der Waals surface area (Å²) in [6, 6.07) is 7.84. The molecule has 26 heavy (non-hydrogen) atoms. The Kier molecular flexibility index (Phi) is 5.34. The highest BCUT2D eigenvalue weighted by Crippen LogP contribution is 2.35. The third-order valence-electron chi connectivity index (χ3n) is 3.42. The quantitative estimate of drug-likeness (QED) is 0.570. The Morgan fingerprint density at radius 2 is 1.65 bits per heavy atom. The largest absolute Gasteiger partial charge is 0.377 e. The Hall–Kier alpha value is -1.93. The first kappa shape index (κ1) is 18.8. The van der Waals surface area contributed by atoms with Crippen LogP contribution in [-0.2, 0) is 10.1 Å². The van der Waals surface area contributed by atoms with Crippen molar-refractivity contribution in [1.82, 2.24) is 5.32 Å². The van der Waals surface area contributed by atoms with E-state index in [0.717, 1.165) is 0 Å². The second-order valence-electron chi connectivity index (χ2n) is 5.17. The molecule has 0 aromatic heterocycles. The van der Waals surface area contributed by atoms with Gasteiger partial charge in [0, 0.05) is 18.8 Å². The van der Waals surface area contributed by atoms with Gasteiger partial charge in [0.15, 0.2) is 5.75 Å². The monoisotopic (exact) mass is 432 g/mol. The van der Waals surface area contributed by atoms with Gasteiger partial charge in [-0.05, 0) is 36.4 Å². The van der Waals surface area contributed by atoms with Crippen molar-refractivity contribution in [2.75, 3.05) is 11.4 Å². The van der Waals surface area contributed by atoms with Crippen molar-refractivity contribution in [3.05, 3.63) is 63.7 Å². The van der Waals surface area contributed by atoms with Crippen molar-refractivity contribution in [2.24, 2.45) is 0 Å². The maximum Gasteiger partial charge on any atom is 0.339 e. The minimum atomic E-state index is -4.15. The Morgan fingerprint density at radius 3 is 2.31 bits per heavy atom. The normalized spacial score (nSPS) is 14.3. The van der Waals surface area contributed by atoms with E-state index in [1.807, 2.05) is 0 Å². The summed E-state index contributed by atoms with van der Waals surface area (Å²) < 4.78 is 29.9. The number of hydrogen-bond acceptors (Lipinski definition) is 4. The van der Waals surface area contributed by atoms with E-state index in [4.69, 9.17) is 39.0 Å².